The van der Waals surface area contributed by atoms with Crippen LogP contribution in [0.5, 0.6) is 5.75 Å². The van der Waals surface area contributed by atoms with Crippen molar-refractivity contribution in [3.8, 4) is 5.75 Å². The number of aryl methyl sites for hydroxylation is 1. The Balaban J connectivity index is 3.37. The quantitative estimate of drug-likeness (QED) is 0.389. The molecule has 1 aromatic carbocycles. The van der Waals surface area contributed by atoms with E-state index in [2.05, 4.69) is 0 Å². The first-order valence-corrected chi connectivity index (χ1v) is 7.85. The topological polar surface area (TPSA) is 72.8 Å². The molecule has 0 atom stereocenters. The van der Waals surface area contributed by atoms with Gasteiger partial charge in [-0.3, -0.25) is 4.55 Å². The molecule has 1 N–H and O–H groups in total. The van der Waals surface area contributed by atoms with Crippen molar-refractivity contribution in [2.45, 2.75) is 31.6 Å². The van der Waals surface area contributed by atoms with Gasteiger partial charge in [-0.1, -0.05) is 13.8 Å². The molecule has 0 saturated carbocycles. The smallest absolute Gasteiger partial charge is 0.294 e. The minimum atomic E-state index is -4.26. The summed E-state index contributed by atoms with van der Waals surface area (Å²) in [5.74, 6) is 0.438. The van der Waals surface area contributed by atoms with Crippen LogP contribution < -0.4 is 4.89 Å². The zero-order chi connectivity index (χ0) is 13.9. The Morgan fingerprint density at radius 1 is 1.33 bits per heavy atom. The Labute approximate surface area is 111 Å². The molecule has 0 aliphatic heterocycles. The van der Waals surface area contributed by atoms with Crippen molar-refractivity contribution in [3.05, 3.63) is 23.3 Å². The molecule has 0 bridgehead atoms. The van der Waals surface area contributed by atoms with E-state index in [4.69, 9.17) is 13.8 Å². The van der Waals surface area contributed by atoms with E-state index >= 15 is 0 Å². The van der Waals surface area contributed by atoms with E-state index in [0.717, 1.165) is 23.2 Å². The maximum Gasteiger partial charge on any atom is 0.294 e. The van der Waals surface area contributed by atoms with Crippen molar-refractivity contribution in [2.75, 3.05) is 6.26 Å². The highest BCUT2D eigenvalue weighted by molar-refractivity contribution is 7.93. The Hall–Kier alpha value is -0.760. The second-order valence-corrected chi connectivity index (χ2v) is 5.99. The molecule has 0 aliphatic carbocycles. The zero-order valence-corrected chi connectivity index (χ0v) is 12.3. The molecule has 0 saturated heterocycles. The predicted molar refractivity (Wildman–Crippen MR) is 70.3 cm³/mol. The van der Waals surface area contributed by atoms with Crippen LogP contribution in [0.25, 0.3) is 0 Å². The summed E-state index contributed by atoms with van der Waals surface area (Å²) in [6.45, 7) is 5.68. The Bertz CT molecular complexity index is 522. The second-order valence-electron chi connectivity index (χ2n) is 4.10. The lowest BCUT2D eigenvalue weighted by Crippen LogP contribution is -2.04. The molecule has 0 spiro atoms. The molecular weight excluding hydrogens is 276 g/mol. The Morgan fingerprint density at radius 2 is 1.94 bits per heavy atom. The lowest BCUT2D eigenvalue weighted by molar-refractivity contribution is -0.0784. The third-order valence-electron chi connectivity index (χ3n) is 2.39. The van der Waals surface area contributed by atoms with Gasteiger partial charge in [-0.15, -0.1) is 4.33 Å². The summed E-state index contributed by atoms with van der Waals surface area (Å²) in [5, 5.41) is 0. The van der Waals surface area contributed by atoms with Gasteiger partial charge in [0.15, 0.2) is 5.75 Å². The predicted octanol–water partition coefficient (Wildman–Crippen LogP) is 2.95. The van der Waals surface area contributed by atoms with Crippen molar-refractivity contribution in [3.63, 3.8) is 0 Å². The largest absolute Gasteiger partial charge is 0.325 e. The fraction of sp³-hybridized carbons (Fsp3) is 0.455. The lowest BCUT2D eigenvalue weighted by Gasteiger charge is -2.15. The van der Waals surface area contributed by atoms with Crippen molar-refractivity contribution in [1.82, 2.24) is 0 Å². The summed E-state index contributed by atoms with van der Waals surface area (Å²) in [6, 6.07) is 2.67. The molecule has 5 nitrogen and oxygen atoms in total. The van der Waals surface area contributed by atoms with Crippen LogP contribution in [0.3, 0.4) is 0 Å². The fourth-order valence-corrected chi connectivity index (χ4v) is 2.49. The number of rotatable bonds is 5. The van der Waals surface area contributed by atoms with Crippen LogP contribution in [0.4, 0.5) is 0 Å². The summed E-state index contributed by atoms with van der Waals surface area (Å²) in [7, 11) is -4.26. The highest BCUT2D eigenvalue weighted by Crippen LogP contribution is 2.33. The van der Waals surface area contributed by atoms with E-state index in [0.29, 0.717) is 5.75 Å². The van der Waals surface area contributed by atoms with Crippen molar-refractivity contribution >= 4 is 22.2 Å². The van der Waals surface area contributed by atoms with Crippen LogP contribution in [0.15, 0.2) is 17.0 Å². The van der Waals surface area contributed by atoms with Gasteiger partial charge in [0.1, 0.15) is 0 Å². The summed E-state index contributed by atoms with van der Waals surface area (Å²) < 4.78 is 36.1. The number of hydrogen-bond donors (Lipinski definition) is 1. The minimum absolute atomic E-state index is 0.140. The SMILES string of the molecule is CSOOc1cc(S(=O)(=O)O)cc(C)c1C(C)C. The molecule has 0 unspecified atom stereocenters. The highest BCUT2D eigenvalue weighted by atomic mass is 32.2. The van der Waals surface area contributed by atoms with Gasteiger partial charge in [-0.25, -0.2) is 0 Å². The van der Waals surface area contributed by atoms with Crippen molar-refractivity contribution in [1.29, 1.82) is 0 Å². The van der Waals surface area contributed by atoms with E-state index in [9.17, 15) is 8.42 Å². The van der Waals surface area contributed by atoms with Gasteiger partial charge in [-0.2, -0.15) is 8.42 Å². The van der Waals surface area contributed by atoms with Crippen LogP contribution in [0.1, 0.15) is 30.9 Å². The highest BCUT2D eigenvalue weighted by Gasteiger charge is 2.19. The monoisotopic (exact) mass is 292 g/mol. The lowest BCUT2D eigenvalue weighted by atomic mass is 9.97. The molecule has 1 rings (SSSR count). The first-order chi connectivity index (χ1) is 8.27. The molecule has 0 radical (unpaired) electrons. The molecule has 102 valence electrons. The Morgan fingerprint density at radius 3 is 2.39 bits per heavy atom. The first kappa shape index (κ1) is 15.3. The molecular formula is C11H16O5S2. The van der Waals surface area contributed by atoms with Gasteiger partial charge < -0.3 is 4.89 Å². The summed E-state index contributed by atoms with van der Waals surface area (Å²) in [4.78, 5) is 4.85. The number of hydrogen-bond acceptors (Lipinski definition) is 5. The molecule has 1 aromatic rings. The van der Waals surface area contributed by atoms with Crippen LogP contribution in [0.2, 0.25) is 0 Å². The molecule has 18 heavy (non-hydrogen) atoms. The van der Waals surface area contributed by atoms with Crippen LogP contribution in [0, 0.1) is 6.92 Å². The fourth-order valence-electron chi connectivity index (χ4n) is 1.76. The van der Waals surface area contributed by atoms with E-state index in [1.54, 1.807) is 13.2 Å². The first-order valence-electron chi connectivity index (χ1n) is 5.26. The van der Waals surface area contributed by atoms with Crippen LogP contribution >= 0.6 is 12.0 Å². The number of benzene rings is 1. The van der Waals surface area contributed by atoms with Gasteiger partial charge in [0, 0.05) is 29.9 Å². The standard InChI is InChI=1S/C11H16O5S2/c1-7(2)11-8(3)5-9(18(12,13)14)6-10(11)15-16-17-4/h5-7H,1-4H3,(H,12,13,14). The Kier molecular flexibility index (Phi) is 5.03. The summed E-state index contributed by atoms with van der Waals surface area (Å²) >= 11 is 1.00. The molecule has 7 heteroatoms. The maximum absolute atomic E-state index is 11.1. The maximum atomic E-state index is 11.1. The van der Waals surface area contributed by atoms with Gasteiger partial charge in [0.25, 0.3) is 10.1 Å². The normalized spacial score (nSPS) is 11.9. The van der Waals surface area contributed by atoms with Crippen molar-refractivity contribution in [2.24, 2.45) is 0 Å². The summed E-state index contributed by atoms with van der Waals surface area (Å²) in [6.07, 6.45) is 1.68. The molecule has 0 heterocycles. The molecule has 0 aromatic heterocycles. The average Bonchev–Trinajstić information content (AvgIpc) is 2.23. The zero-order valence-electron chi connectivity index (χ0n) is 10.6. The van der Waals surface area contributed by atoms with Gasteiger partial charge in [-0.05, 0) is 24.5 Å². The summed E-state index contributed by atoms with van der Waals surface area (Å²) in [5.41, 5.74) is 1.57. The van der Waals surface area contributed by atoms with Crippen LogP contribution in [-0.2, 0) is 14.5 Å². The van der Waals surface area contributed by atoms with Crippen molar-refractivity contribution < 1.29 is 22.2 Å². The van der Waals surface area contributed by atoms with E-state index in [1.807, 2.05) is 13.8 Å². The third-order valence-corrected chi connectivity index (χ3v) is 3.43. The van der Waals surface area contributed by atoms with Crippen LogP contribution in [-0.4, -0.2) is 19.2 Å². The van der Waals surface area contributed by atoms with E-state index in [-0.39, 0.29) is 10.8 Å². The van der Waals surface area contributed by atoms with Gasteiger partial charge in [0.2, 0.25) is 0 Å². The van der Waals surface area contributed by atoms with Gasteiger partial charge >= 0.3 is 0 Å². The molecule has 0 aliphatic rings. The molecule has 0 fully saturated rings. The van der Waals surface area contributed by atoms with E-state index < -0.39 is 10.1 Å². The average molecular weight is 292 g/mol. The minimum Gasteiger partial charge on any atom is -0.325 e. The van der Waals surface area contributed by atoms with Gasteiger partial charge in [0.05, 0.1) is 4.90 Å². The second kappa shape index (κ2) is 5.92. The van der Waals surface area contributed by atoms with E-state index in [1.165, 1.54) is 12.1 Å². The third kappa shape index (κ3) is 3.61. The molecule has 0 amide bonds.